The molecule has 6 nitrogen and oxygen atoms in total. The Hall–Kier alpha value is -3.54. The van der Waals surface area contributed by atoms with Crippen LogP contribution in [-0.4, -0.2) is 28.8 Å². The number of pyridine rings is 1. The number of rotatable bonds is 8. The molecule has 0 aliphatic rings. The summed E-state index contributed by atoms with van der Waals surface area (Å²) in [7, 11) is 1.58. The first-order valence-corrected chi connectivity index (χ1v) is 9.13. The number of carboxylic acid groups (broad SMARTS) is 1. The van der Waals surface area contributed by atoms with Crippen molar-refractivity contribution in [2.75, 3.05) is 7.11 Å². The van der Waals surface area contributed by atoms with Crippen LogP contribution in [0, 0.1) is 0 Å². The number of aromatic nitrogens is 1. The molecule has 0 saturated heterocycles. The number of carboxylic acids is 1. The van der Waals surface area contributed by atoms with Crippen molar-refractivity contribution >= 4 is 5.97 Å². The highest BCUT2D eigenvalue weighted by atomic mass is 16.5. The average molecular weight is 393 g/mol. The second-order valence-electron chi connectivity index (χ2n) is 6.91. The number of hydrogen-bond donors (Lipinski definition) is 1. The Balaban J connectivity index is 1.67. The van der Waals surface area contributed by atoms with Gasteiger partial charge in [0.25, 0.3) is 0 Å². The number of carbonyl (C=O) groups is 1. The molecular formula is C23H23NO5. The fourth-order valence-corrected chi connectivity index (χ4v) is 2.63. The predicted molar refractivity (Wildman–Crippen MR) is 109 cm³/mol. The largest absolute Gasteiger partial charge is 0.489 e. The first kappa shape index (κ1) is 20.2. The van der Waals surface area contributed by atoms with E-state index in [1.54, 1.807) is 31.4 Å². The molecule has 0 aliphatic heterocycles. The van der Waals surface area contributed by atoms with Crippen LogP contribution in [0.15, 0.2) is 66.7 Å². The quantitative estimate of drug-likeness (QED) is 0.604. The van der Waals surface area contributed by atoms with Crippen molar-refractivity contribution in [3.8, 4) is 28.6 Å². The van der Waals surface area contributed by atoms with Crippen LogP contribution in [0.3, 0.4) is 0 Å². The Kier molecular flexibility index (Phi) is 6.02. The van der Waals surface area contributed by atoms with E-state index in [0.717, 1.165) is 16.8 Å². The monoisotopic (exact) mass is 393 g/mol. The Morgan fingerprint density at radius 3 is 2.24 bits per heavy atom. The summed E-state index contributed by atoms with van der Waals surface area (Å²) in [6.07, 6.45) is 0. The van der Waals surface area contributed by atoms with Gasteiger partial charge in [-0.05, 0) is 50.2 Å². The highest BCUT2D eigenvalue weighted by molar-refractivity contribution is 5.76. The summed E-state index contributed by atoms with van der Waals surface area (Å²) in [4.78, 5) is 15.7. The summed E-state index contributed by atoms with van der Waals surface area (Å²) in [5, 5.41) is 9.14. The third-order valence-corrected chi connectivity index (χ3v) is 4.31. The highest BCUT2D eigenvalue weighted by Crippen LogP contribution is 2.26. The van der Waals surface area contributed by atoms with Crippen LogP contribution in [0.25, 0.3) is 11.3 Å². The van der Waals surface area contributed by atoms with Gasteiger partial charge in [0.05, 0.1) is 18.4 Å². The standard InChI is InChI=1S/C23H23NO5/c1-23(2,22(25)26)29-19-12-10-18(11-13-19)28-15-17-9-14-20(24-21(17)27-3)16-7-5-4-6-8-16/h4-14H,15H2,1-3H3,(H,25,26). The van der Waals surface area contributed by atoms with E-state index in [2.05, 4.69) is 4.98 Å². The maximum Gasteiger partial charge on any atom is 0.347 e. The summed E-state index contributed by atoms with van der Waals surface area (Å²) in [5.41, 5.74) is 1.36. The SMILES string of the molecule is COc1nc(-c2ccccc2)ccc1COc1ccc(OC(C)(C)C(=O)O)cc1. The molecule has 0 aliphatic carbocycles. The van der Waals surface area contributed by atoms with Crippen LogP contribution >= 0.6 is 0 Å². The number of ether oxygens (including phenoxy) is 3. The Labute approximate surface area is 169 Å². The van der Waals surface area contributed by atoms with Gasteiger partial charge in [0.2, 0.25) is 5.88 Å². The zero-order valence-electron chi connectivity index (χ0n) is 16.6. The minimum atomic E-state index is -1.30. The highest BCUT2D eigenvalue weighted by Gasteiger charge is 2.29. The molecule has 29 heavy (non-hydrogen) atoms. The number of methoxy groups -OCH3 is 1. The third kappa shape index (κ3) is 5.04. The molecule has 1 heterocycles. The Morgan fingerprint density at radius 2 is 1.62 bits per heavy atom. The molecule has 0 atom stereocenters. The number of nitrogens with zero attached hydrogens (tertiary/aromatic N) is 1. The van der Waals surface area contributed by atoms with Crippen LogP contribution < -0.4 is 14.2 Å². The van der Waals surface area contributed by atoms with Gasteiger partial charge in [0.15, 0.2) is 5.60 Å². The molecule has 0 amide bonds. The van der Waals surface area contributed by atoms with E-state index < -0.39 is 11.6 Å². The van der Waals surface area contributed by atoms with Gasteiger partial charge in [0, 0.05) is 5.56 Å². The summed E-state index contributed by atoms with van der Waals surface area (Å²) < 4.78 is 16.7. The number of aliphatic carboxylic acids is 1. The van der Waals surface area contributed by atoms with Gasteiger partial charge in [0.1, 0.15) is 18.1 Å². The molecular weight excluding hydrogens is 370 g/mol. The molecule has 1 N–H and O–H groups in total. The maximum absolute atomic E-state index is 11.2. The van der Waals surface area contributed by atoms with Gasteiger partial charge < -0.3 is 19.3 Å². The zero-order chi connectivity index (χ0) is 20.9. The lowest BCUT2D eigenvalue weighted by Gasteiger charge is -2.21. The number of hydrogen-bond acceptors (Lipinski definition) is 5. The van der Waals surface area contributed by atoms with E-state index in [1.165, 1.54) is 13.8 Å². The molecule has 6 heteroatoms. The second-order valence-corrected chi connectivity index (χ2v) is 6.91. The summed E-state index contributed by atoms with van der Waals surface area (Å²) in [6, 6.07) is 20.5. The van der Waals surface area contributed by atoms with Crippen molar-refractivity contribution in [1.29, 1.82) is 0 Å². The van der Waals surface area contributed by atoms with Crippen molar-refractivity contribution in [1.82, 2.24) is 4.98 Å². The fraction of sp³-hybridized carbons (Fsp3) is 0.217. The lowest BCUT2D eigenvalue weighted by molar-refractivity contribution is -0.152. The van der Waals surface area contributed by atoms with E-state index in [1.807, 2.05) is 42.5 Å². The molecule has 1 aromatic heterocycles. The van der Waals surface area contributed by atoms with Crippen molar-refractivity contribution < 1.29 is 24.1 Å². The Bertz CT molecular complexity index is 968. The van der Waals surface area contributed by atoms with Crippen molar-refractivity contribution in [3.63, 3.8) is 0 Å². The molecule has 3 rings (SSSR count). The molecule has 0 bridgehead atoms. The lowest BCUT2D eigenvalue weighted by atomic mass is 10.1. The van der Waals surface area contributed by atoms with Gasteiger partial charge in [-0.1, -0.05) is 30.3 Å². The van der Waals surface area contributed by atoms with Gasteiger partial charge in [-0.15, -0.1) is 0 Å². The molecule has 0 saturated carbocycles. The topological polar surface area (TPSA) is 77.9 Å². The molecule has 0 unspecified atom stereocenters. The predicted octanol–water partition coefficient (Wildman–Crippen LogP) is 4.58. The first-order chi connectivity index (χ1) is 13.9. The van der Waals surface area contributed by atoms with Gasteiger partial charge in [-0.2, -0.15) is 0 Å². The van der Waals surface area contributed by atoms with E-state index >= 15 is 0 Å². The summed E-state index contributed by atoms with van der Waals surface area (Å²) in [5.74, 6) is 0.557. The lowest BCUT2D eigenvalue weighted by Crippen LogP contribution is -2.37. The number of benzene rings is 2. The van der Waals surface area contributed by atoms with E-state index in [0.29, 0.717) is 17.4 Å². The molecule has 2 aromatic carbocycles. The van der Waals surface area contributed by atoms with Crippen LogP contribution in [0.4, 0.5) is 0 Å². The van der Waals surface area contributed by atoms with Gasteiger partial charge >= 0.3 is 5.97 Å². The van der Waals surface area contributed by atoms with Crippen LogP contribution in [-0.2, 0) is 11.4 Å². The van der Waals surface area contributed by atoms with Crippen LogP contribution in [0.1, 0.15) is 19.4 Å². The van der Waals surface area contributed by atoms with Gasteiger partial charge in [-0.25, -0.2) is 9.78 Å². The molecule has 0 spiro atoms. The molecule has 150 valence electrons. The van der Waals surface area contributed by atoms with Crippen LogP contribution in [0.5, 0.6) is 17.4 Å². The first-order valence-electron chi connectivity index (χ1n) is 9.13. The molecule has 3 aromatic rings. The zero-order valence-corrected chi connectivity index (χ0v) is 16.6. The van der Waals surface area contributed by atoms with Crippen molar-refractivity contribution in [3.05, 3.63) is 72.3 Å². The molecule has 0 fully saturated rings. The van der Waals surface area contributed by atoms with E-state index in [-0.39, 0.29) is 6.61 Å². The fourth-order valence-electron chi connectivity index (χ4n) is 2.63. The minimum absolute atomic E-state index is 0.284. The van der Waals surface area contributed by atoms with Crippen LogP contribution in [0.2, 0.25) is 0 Å². The van der Waals surface area contributed by atoms with E-state index in [9.17, 15) is 4.79 Å². The summed E-state index contributed by atoms with van der Waals surface area (Å²) >= 11 is 0. The molecule has 0 radical (unpaired) electrons. The van der Waals surface area contributed by atoms with E-state index in [4.69, 9.17) is 19.3 Å². The third-order valence-electron chi connectivity index (χ3n) is 4.31. The summed E-state index contributed by atoms with van der Waals surface area (Å²) in [6.45, 7) is 3.28. The normalized spacial score (nSPS) is 11.0. The average Bonchev–Trinajstić information content (AvgIpc) is 2.73. The van der Waals surface area contributed by atoms with Gasteiger partial charge in [-0.3, -0.25) is 0 Å². The van der Waals surface area contributed by atoms with Crippen molar-refractivity contribution in [2.24, 2.45) is 0 Å². The minimum Gasteiger partial charge on any atom is -0.489 e. The smallest absolute Gasteiger partial charge is 0.347 e. The second kappa shape index (κ2) is 8.65. The van der Waals surface area contributed by atoms with Crippen molar-refractivity contribution in [2.45, 2.75) is 26.1 Å². The Morgan fingerprint density at radius 1 is 0.966 bits per heavy atom. The maximum atomic E-state index is 11.2.